The summed E-state index contributed by atoms with van der Waals surface area (Å²) in [5.41, 5.74) is 2.20. The summed E-state index contributed by atoms with van der Waals surface area (Å²) in [4.78, 5) is 22.7. The van der Waals surface area contributed by atoms with Crippen LogP contribution in [0.2, 0.25) is 5.02 Å². The Morgan fingerprint density at radius 3 is 2.42 bits per heavy atom. The molecule has 0 aliphatic carbocycles. The second-order valence-electron chi connectivity index (χ2n) is 6.46. The highest BCUT2D eigenvalue weighted by atomic mass is 35.5. The van der Waals surface area contributed by atoms with Gasteiger partial charge in [0.1, 0.15) is 0 Å². The number of nitrogens with one attached hydrogen (secondary N) is 2. The molecule has 26 heavy (non-hydrogen) atoms. The average molecular weight is 376 g/mol. The topological polar surface area (TPSA) is 84.3 Å². The second-order valence-corrected chi connectivity index (χ2v) is 6.90. The number of anilines is 1. The van der Waals surface area contributed by atoms with Gasteiger partial charge in [-0.2, -0.15) is 0 Å². The van der Waals surface area contributed by atoms with Crippen molar-refractivity contribution in [3.8, 4) is 0 Å². The van der Waals surface area contributed by atoms with Crippen molar-refractivity contribution in [2.75, 3.05) is 11.9 Å². The zero-order chi connectivity index (χ0) is 19.3. The van der Waals surface area contributed by atoms with Crippen molar-refractivity contribution in [1.29, 1.82) is 0 Å². The van der Waals surface area contributed by atoms with Gasteiger partial charge in [-0.3, -0.25) is 14.9 Å². The summed E-state index contributed by atoms with van der Waals surface area (Å²) >= 11 is 5.93. The molecule has 0 aliphatic heterocycles. The van der Waals surface area contributed by atoms with Crippen LogP contribution in [0.3, 0.4) is 0 Å². The summed E-state index contributed by atoms with van der Waals surface area (Å²) in [6.07, 6.45) is 0. The number of nitro benzene ring substituents is 1. The van der Waals surface area contributed by atoms with Crippen LogP contribution < -0.4 is 10.6 Å². The standard InChI is InChI=1S/C19H22ClN3O3/c1-12(2)19(14-5-7-15(20)8-6-14)21-11-18(24)22-17-10-16(23(25)26)9-4-13(17)3/h4-10,12,19,21H,11H2,1-3H3,(H,22,24). The number of non-ortho nitro benzene ring substituents is 1. The van der Waals surface area contributed by atoms with Crippen LogP contribution in [0.15, 0.2) is 42.5 Å². The van der Waals surface area contributed by atoms with E-state index in [2.05, 4.69) is 24.5 Å². The lowest BCUT2D eigenvalue weighted by atomic mass is 9.96. The highest BCUT2D eigenvalue weighted by molar-refractivity contribution is 6.30. The van der Waals surface area contributed by atoms with Crippen LogP contribution in [0, 0.1) is 23.0 Å². The van der Waals surface area contributed by atoms with Gasteiger partial charge >= 0.3 is 0 Å². The quantitative estimate of drug-likeness (QED) is 0.552. The van der Waals surface area contributed by atoms with E-state index in [-0.39, 0.29) is 30.1 Å². The number of aryl methyl sites for hydroxylation is 1. The van der Waals surface area contributed by atoms with E-state index in [0.717, 1.165) is 11.1 Å². The predicted molar refractivity (Wildman–Crippen MR) is 103 cm³/mol. The molecule has 1 amide bonds. The van der Waals surface area contributed by atoms with Gasteiger partial charge in [-0.05, 0) is 36.1 Å². The van der Waals surface area contributed by atoms with Crippen molar-refractivity contribution >= 4 is 28.9 Å². The Kier molecular flexibility index (Phi) is 6.71. The van der Waals surface area contributed by atoms with Crippen LogP contribution in [-0.4, -0.2) is 17.4 Å². The number of rotatable bonds is 7. The molecule has 0 aliphatic rings. The van der Waals surface area contributed by atoms with E-state index < -0.39 is 4.92 Å². The van der Waals surface area contributed by atoms with E-state index in [1.165, 1.54) is 12.1 Å². The summed E-state index contributed by atoms with van der Waals surface area (Å²) in [5.74, 6) is 0.0109. The van der Waals surface area contributed by atoms with Crippen LogP contribution in [0.5, 0.6) is 0 Å². The Hall–Kier alpha value is -2.44. The van der Waals surface area contributed by atoms with E-state index in [0.29, 0.717) is 10.7 Å². The number of hydrogen-bond acceptors (Lipinski definition) is 4. The van der Waals surface area contributed by atoms with E-state index in [1.807, 2.05) is 24.3 Å². The van der Waals surface area contributed by atoms with Gasteiger partial charge in [0.25, 0.3) is 5.69 Å². The Morgan fingerprint density at radius 2 is 1.85 bits per heavy atom. The average Bonchev–Trinajstić information content (AvgIpc) is 2.58. The number of nitrogens with zero attached hydrogens (tertiary/aromatic N) is 1. The predicted octanol–water partition coefficient (Wildman–Crippen LogP) is 4.48. The summed E-state index contributed by atoms with van der Waals surface area (Å²) < 4.78 is 0. The first-order valence-corrected chi connectivity index (χ1v) is 8.69. The molecule has 0 aromatic heterocycles. The molecule has 0 saturated heterocycles. The lowest BCUT2D eigenvalue weighted by Gasteiger charge is -2.23. The molecule has 0 spiro atoms. The van der Waals surface area contributed by atoms with Gasteiger partial charge in [-0.25, -0.2) is 0 Å². The Morgan fingerprint density at radius 1 is 1.19 bits per heavy atom. The molecule has 2 N–H and O–H groups in total. The fraction of sp³-hybridized carbons (Fsp3) is 0.316. The fourth-order valence-corrected chi connectivity index (χ4v) is 2.79. The van der Waals surface area contributed by atoms with Gasteiger partial charge in [-0.1, -0.05) is 43.6 Å². The molecular weight excluding hydrogens is 354 g/mol. The Bertz CT molecular complexity index is 791. The first-order chi connectivity index (χ1) is 12.3. The maximum atomic E-state index is 12.3. The van der Waals surface area contributed by atoms with Gasteiger partial charge < -0.3 is 10.6 Å². The SMILES string of the molecule is Cc1ccc([N+](=O)[O-])cc1NC(=O)CNC(c1ccc(Cl)cc1)C(C)C. The maximum Gasteiger partial charge on any atom is 0.271 e. The molecular formula is C19H22ClN3O3. The zero-order valence-electron chi connectivity index (χ0n) is 15.0. The van der Waals surface area contributed by atoms with Crippen LogP contribution in [0.1, 0.15) is 31.0 Å². The normalized spacial score (nSPS) is 12.0. The third kappa shape index (κ3) is 5.28. The molecule has 138 valence electrons. The third-order valence-electron chi connectivity index (χ3n) is 4.08. The molecule has 0 radical (unpaired) electrons. The molecule has 0 heterocycles. The Balaban J connectivity index is 2.04. The molecule has 0 fully saturated rings. The first-order valence-electron chi connectivity index (χ1n) is 8.31. The lowest BCUT2D eigenvalue weighted by molar-refractivity contribution is -0.384. The highest BCUT2D eigenvalue weighted by Crippen LogP contribution is 2.24. The van der Waals surface area contributed by atoms with Gasteiger partial charge in [0.2, 0.25) is 5.91 Å². The van der Waals surface area contributed by atoms with Gasteiger partial charge in [-0.15, -0.1) is 0 Å². The molecule has 6 nitrogen and oxygen atoms in total. The smallest absolute Gasteiger partial charge is 0.271 e. The van der Waals surface area contributed by atoms with E-state index in [4.69, 9.17) is 11.6 Å². The zero-order valence-corrected chi connectivity index (χ0v) is 15.7. The van der Waals surface area contributed by atoms with Crippen LogP contribution in [-0.2, 0) is 4.79 Å². The van der Waals surface area contributed by atoms with Crippen molar-refractivity contribution in [2.24, 2.45) is 5.92 Å². The van der Waals surface area contributed by atoms with Crippen molar-refractivity contribution < 1.29 is 9.72 Å². The molecule has 2 rings (SSSR count). The molecule has 1 atom stereocenters. The largest absolute Gasteiger partial charge is 0.324 e. The van der Waals surface area contributed by atoms with Crippen molar-refractivity contribution in [3.63, 3.8) is 0 Å². The number of carbonyl (C=O) groups is 1. The van der Waals surface area contributed by atoms with Crippen LogP contribution in [0.4, 0.5) is 11.4 Å². The lowest BCUT2D eigenvalue weighted by Crippen LogP contribution is -2.33. The molecule has 1 unspecified atom stereocenters. The summed E-state index contributed by atoms with van der Waals surface area (Å²) in [6, 6.07) is 11.9. The Labute approximate surface area is 157 Å². The van der Waals surface area contributed by atoms with E-state index >= 15 is 0 Å². The summed E-state index contributed by atoms with van der Waals surface area (Å²) in [7, 11) is 0. The van der Waals surface area contributed by atoms with Crippen molar-refractivity contribution in [3.05, 3.63) is 68.7 Å². The monoisotopic (exact) mass is 375 g/mol. The molecule has 0 bridgehead atoms. The fourth-order valence-electron chi connectivity index (χ4n) is 2.66. The molecule has 0 saturated carbocycles. The second kappa shape index (κ2) is 8.78. The maximum absolute atomic E-state index is 12.3. The number of nitro groups is 1. The molecule has 2 aromatic carbocycles. The van der Waals surface area contributed by atoms with Crippen LogP contribution >= 0.6 is 11.6 Å². The summed E-state index contributed by atoms with van der Waals surface area (Å²) in [6.45, 7) is 6.01. The number of amides is 1. The number of hydrogen-bond donors (Lipinski definition) is 2. The number of carbonyl (C=O) groups excluding carboxylic acids is 1. The highest BCUT2D eigenvalue weighted by Gasteiger charge is 2.17. The van der Waals surface area contributed by atoms with Crippen molar-refractivity contribution in [2.45, 2.75) is 26.8 Å². The van der Waals surface area contributed by atoms with Gasteiger partial charge in [0, 0.05) is 23.2 Å². The van der Waals surface area contributed by atoms with E-state index in [1.54, 1.807) is 13.0 Å². The number of benzene rings is 2. The molecule has 2 aromatic rings. The third-order valence-corrected chi connectivity index (χ3v) is 4.34. The van der Waals surface area contributed by atoms with Gasteiger partial charge in [0.05, 0.1) is 17.2 Å². The first kappa shape index (κ1) is 19.9. The van der Waals surface area contributed by atoms with Gasteiger partial charge in [0.15, 0.2) is 0 Å². The minimum Gasteiger partial charge on any atom is -0.324 e. The number of halogens is 1. The van der Waals surface area contributed by atoms with Crippen LogP contribution in [0.25, 0.3) is 0 Å². The van der Waals surface area contributed by atoms with Crippen molar-refractivity contribution in [1.82, 2.24) is 5.32 Å². The molecule has 7 heteroatoms. The van der Waals surface area contributed by atoms with E-state index in [9.17, 15) is 14.9 Å². The summed E-state index contributed by atoms with van der Waals surface area (Å²) in [5, 5.41) is 17.5. The minimum absolute atomic E-state index is 0.00998. The minimum atomic E-state index is -0.483.